The third kappa shape index (κ3) is 2.23. The van der Waals surface area contributed by atoms with Crippen LogP contribution in [-0.4, -0.2) is 0 Å². The van der Waals surface area contributed by atoms with E-state index in [1.807, 2.05) is 38.1 Å². The van der Waals surface area contributed by atoms with Gasteiger partial charge in [0.15, 0.2) is 0 Å². The van der Waals surface area contributed by atoms with Crippen LogP contribution in [0.25, 0.3) is 11.1 Å². The highest BCUT2D eigenvalue weighted by Gasteiger charge is 2.07. The van der Waals surface area contributed by atoms with Crippen LogP contribution in [0.3, 0.4) is 0 Å². The van der Waals surface area contributed by atoms with E-state index in [0.717, 1.165) is 21.2 Å². The number of hydrogen-bond donors (Lipinski definition) is 0. The van der Waals surface area contributed by atoms with E-state index in [4.69, 9.17) is 23.2 Å². The highest BCUT2D eigenvalue weighted by molar-refractivity contribution is 6.36. The Morgan fingerprint density at radius 3 is 1.44 bits per heavy atom. The number of aryl methyl sites for hydroxylation is 2. The summed E-state index contributed by atoms with van der Waals surface area (Å²) in [5.74, 6) is 0. The molecular formula is C14H12Cl2. The molecule has 0 heterocycles. The van der Waals surface area contributed by atoms with Crippen LogP contribution in [0.5, 0.6) is 0 Å². The zero-order valence-corrected chi connectivity index (χ0v) is 10.7. The molecule has 0 aliphatic heterocycles. The van der Waals surface area contributed by atoms with E-state index >= 15 is 0 Å². The monoisotopic (exact) mass is 250 g/mol. The Labute approximate surface area is 106 Å². The molecule has 0 spiro atoms. The lowest BCUT2D eigenvalue weighted by molar-refractivity contribution is 1.44. The lowest BCUT2D eigenvalue weighted by Crippen LogP contribution is -1.84. The van der Waals surface area contributed by atoms with Crippen LogP contribution < -0.4 is 0 Å². The van der Waals surface area contributed by atoms with Gasteiger partial charge in [0, 0.05) is 21.2 Å². The third-order valence-electron chi connectivity index (χ3n) is 2.53. The summed E-state index contributed by atoms with van der Waals surface area (Å²) in [5, 5.41) is 1.47. The number of benzene rings is 2. The summed E-state index contributed by atoms with van der Waals surface area (Å²) in [6, 6.07) is 11.9. The Morgan fingerprint density at radius 2 is 1.06 bits per heavy atom. The molecule has 0 nitrogen and oxygen atoms in total. The molecule has 0 N–H and O–H groups in total. The number of hydrogen-bond acceptors (Lipinski definition) is 0. The number of rotatable bonds is 1. The van der Waals surface area contributed by atoms with Crippen LogP contribution in [-0.2, 0) is 0 Å². The maximum absolute atomic E-state index is 6.20. The fourth-order valence-corrected chi connectivity index (χ4v) is 2.13. The molecule has 82 valence electrons. The molecule has 2 aromatic rings. The molecule has 0 aromatic heterocycles. The molecule has 0 atom stereocenters. The van der Waals surface area contributed by atoms with E-state index < -0.39 is 0 Å². The minimum atomic E-state index is 0.734. The van der Waals surface area contributed by atoms with E-state index in [9.17, 15) is 0 Å². The predicted octanol–water partition coefficient (Wildman–Crippen LogP) is 5.28. The zero-order valence-electron chi connectivity index (χ0n) is 9.22. The van der Waals surface area contributed by atoms with Crippen molar-refractivity contribution in [3.05, 3.63) is 57.6 Å². The normalized spacial score (nSPS) is 10.5. The first-order valence-corrected chi connectivity index (χ1v) is 5.86. The van der Waals surface area contributed by atoms with Crippen molar-refractivity contribution in [1.29, 1.82) is 0 Å². The number of halogens is 2. The van der Waals surface area contributed by atoms with E-state index in [-0.39, 0.29) is 0 Å². The van der Waals surface area contributed by atoms with Gasteiger partial charge in [-0.2, -0.15) is 0 Å². The molecule has 2 rings (SSSR count). The minimum Gasteiger partial charge on any atom is -0.0837 e. The Bertz CT molecular complexity index is 481. The standard InChI is InChI=1S/C14H12Cl2/c1-9-3-5-13(15)11(7-9)12-8-10(2)4-6-14(12)16/h3-8H,1-2H3. The van der Waals surface area contributed by atoms with Crippen LogP contribution in [0.2, 0.25) is 10.0 Å². The Hall–Kier alpha value is -0.980. The molecule has 0 radical (unpaired) electrons. The van der Waals surface area contributed by atoms with Gasteiger partial charge in [0.25, 0.3) is 0 Å². The van der Waals surface area contributed by atoms with Gasteiger partial charge in [0.2, 0.25) is 0 Å². The van der Waals surface area contributed by atoms with Crippen LogP contribution in [0.1, 0.15) is 11.1 Å². The maximum Gasteiger partial charge on any atom is 0.0485 e. The molecule has 16 heavy (non-hydrogen) atoms. The molecule has 0 bridgehead atoms. The van der Waals surface area contributed by atoms with Gasteiger partial charge in [0.1, 0.15) is 0 Å². The SMILES string of the molecule is Cc1ccc(Cl)c(-c2cc(C)ccc2Cl)c1. The molecule has 0 aliphatic carbocycles. The van der Waals surface area contributed by atoms with Gasteiger partial charge >= 0.3 is 0 Å². The lowest BCUT2D eigenvalue weighted by atomic mass is 10.0. The van der Waals surface area contributed by atoms with Crippen molar-refractivity contribution in [2.45, 2.75) is 13.8 Å². The Kier molecular flexibility index (Phi) is 3.22. The van der Waals surface area contributed by atoms with Crippen molar-refractivity contribution in [2.24, 2.45) is 0 Å². The molecule has 2 heteroatoms. The first-order chi connectivity index (χ1) is 7.58. The van der Waals surface area contributed by atoms with Crippen molar-refractivity contribution in [1.82, 2.24) is 0 Å². The van der Waals surface area contributed by atoms with Gasteiger partial charge in [-0.3, -0.25) is 0 Å². The fourth-order valence-electron chi connectivity index (χ4n) is 1.69. The summed E-state index contributed by atoms with van der Waals surface area (Å²) < 4.78 is 0. The van der Waals surface area contributed by atoms with Crippen LogP contribution in [0, 0.1) is 13.8 Å². The first-order valence-electron chi connectivity index (χ1n) is 5.10. The summed E-state index contributed by atoms with van der Waals surface area (Å²) in [6.07, 6.45) is 0. The molecule has 0 fully saturated rings. The van der Waals surface area contributed by atoms with Gasteiger partial charge in [-0.25, -0.2) is 0 Å². The minimum absolute atomic E-state index is 0.734. The summed E-state index contributed by atoms with van der Waals surface area (Å²) in [4.78, 5) is 0. The van der Waals surface area contributed by atoms with Crippen molar-refractivity contribution >= 4 is 23.2 Å². The predicted molar refractivity (Wildman–Crippen MR) is 71.4 cm³/mol. The van der Waals surface area contributed by atoms with Crippen LogP contribution in [0.4, 0.5) is 0 Å². The van der Waals surface area contributed by atoms with E-state index in [2.05, 4.69) is 12.1 Å². The quantitative estimate of drug-likeness (QED) is 0.647. The van der Waals surface area contributed by atoms with Crippen molar-refractivity contribution in [3.63, 3.8) is 0 Å². The highest BCUT2D eigenvalue weighted by atomic mass is 35.5. The first kappa shape index (κ1) is 11.5. The van der Waals surface area contributed by atoms with E-state index in [1.54, 1.807) is 0 Å². The largest absolute Gasteiger partial charge is 0.0837 e. The maximum atomic E-state index is 6.20. The fraction of sp³-hybridized carbons (Fsp3) is 0.143. The van der Waals surface area contributed by atoms with E-state index in [0.29, 0.717) is 0 Å². The Balaban J connectivity index is 2.66. The summed E-state index contributed by atoms with van der Waals surface area (Å²) in [6.45, 7) is 4.09. The van der Waals surface area contributed by atoms with Crippen molar-refractivity contribution in [3.8, 4) is 11.1 Å². The second-order valence-corrected chi connectivity index (χ2v) is 4.78. The van der Waals surface area contributed by atoms with Gasteiger partial charge in [0.05, 0.1) is 0 Å². The van der Waals surface area contributed by atoms with E-state index in [1.165, 1.54) is 11.1 Å². The average molecular weight is 251 g/mol. The molecule has 0 amide bonds. The summed E-state index contributed by atoms with van der Waals surface area (Å²) >= 11 is 12.4. The van der Waals surface area contributed by atoms with Crippen molar-refractivity contribution in [2.75, 3.05) is 0 Å². The zero-order chi connectivity index (χ0) is 11.7. The highest BCUT2D eigenvalue weighted by Crippen LogP contribution is 2.34. The lowest BCUT2D eigenvalue weighted by Gasteiger charge is -2.09. The van der Waals surface area contributed by atoms with Crippen LogP contribution in [0.15, 0.2) is 36.4 Å². The second-order valence-electron chi connectivity index (χ2n) is 3.97. The van der Waals surface area contributed by atoms with Crippen LogP contribution >= 0.6 is 23.2 Å². The average Bonchev–Trinajstić information content (AvgIpc) is 2.25. The molecule has 0 aliphatic rings. The summed E-state index contributed by atoms with van der Waals surface area (Å²) in [5.41, 5.74) is 4.35. The molecule has 0 unspecified atom stereocenters. The third-order valence-corrected chi connectivity index (χ3v) is 3.19. The molecule has 2 aromatic carbocycles. The molecule has 0 saturated heterocycles. The van der Waals surface area contributed by atoms with Crippen molar-refractivity contribution < 1.29 is 0 Å². The van der Waals surface area contributed by atoms with Gasteiger partial charge in [-0.1, -0.05) is 46.5 Å². The summed E-state index contributed by atoms with van der Waals surface area (Å²) in [7, 11) is 0. The van der Waals surface area contributed by atoms with Gasteiger partial charge in [-0.05, 0) is 38.1 Å². The van der Waals surface area contributed by atoms with Gasteiger partial charge < -0.3 is 0 Å². The second kappa shape index (κ2) is 4.48. The Morgan fingerprint density at radius 1 is 0.688 bits per heavy atom. The molecule has 0 saturated carbocycles. The smallest absolute Gasteiger partial charge is 0.0485 e. The topological polar surface area (TPSA) is 0 Å². The van der Waals surface area contributed by atoms with Gasteiger partial charge in [-0.15, -0.1) is 0 Å². The molecular weight excluding hydrogens is 239 g/mol.